The largest absolute Gasteiger partial charge is 0.388 e. The Bertz CT molecular complexity index is 369. The Morgan fingerprint density at radius 2 is 2.06 bits per heavy atom. The van der Waals surface area contributed by atoms with Gasteiger partial charge >= 0.3 is 0 Å². The number of halogens is 1. The summed E-state index contributed by atoms with van der Waals surface area (Å²) < 4.78 is 0. The molecule has 2 heteroatoms. The number of hydrogen-bond acceptors (Lipinski definition) is 1. The van der Waals surface area contributed by atoms with Crippen LogP contribution in [0.15, 0.2) is 18.2 Å². The predicted octanol–water partition coefficient (Wildman–Crippen LogP) is 4.65. The minimum Gasteiger partial charge on any atom is -0.388 e. The van der Waals surface area contributed by atoms with Crippen LogP contribution < -0.4 is 0 Å². The molecule has 0 amide bonds. The van der Waals surface area contributed by atoms with Crippen LogP contribution in [0.5, 0.6) is 0 Å². The molecule has 17 heavy (non-hydrogen) atoms. The quantitative estimate of drug-likeness (QED) is 0.827. The first-order valence-corrected chi connectivity index (χ1v) is 6.98. The molecule has 0 heterocycles. The van der Waals surface area contributed by atoms with E-state index in [4.69, 9.17) is 11.6 Å². The van der Waals surface area contributed by atoms with Gasteiger partial charge in [0.05, 0.1) is 6.10 Å². The summed E-state index contributed by atoms with van der Waals surface area (Å²) in [4.78, 5) is 0. The van der Waals surface area contributed by atoms with Crippen LogP contribution in [0.4, 0.5) is 0 Å². The molecule has 1 aliphatic carbocycles. The maximum Gasteiger partial charge on any atom is 0.0804 e. The van der Waals surface area contributed by atoms with E-state index in [9.17, 15) is 5.11 Å². The van der Waals surface area contributed by atoms with E-state index in [1.165, 1.54) is 25.7 Å². The summed E-state index contributed by atoms with van der Waals surface area (Å²) in [6, 6.07) is 5.90. The van der Waals surface area contributed by atoms with Gasteiger partial charge in [-0.1, -0.05) is 49.4 Å². The van der Waals surface area contributed by atoms with Gasteiger partial charge in [-0.25, -0.2) is 0 Å². The Labute approximate surface area is 109 Å². The minimum atomic E-state index is -0.399. The van der Waals surface area contributed by atoms with E-state index in [1.54, 1.807) is 0 Å². The molecule has 1 aromatic carbocycles. The Kier molecular flexibility index (Phi) is 4.47. The Balaban J connectivity index is 1.91. The van der Waals surface area contributed by atoms with Gasteiger partial charge in [-0.3, -0.25) is 0 Å². The molecule has 1 N–H and O–H groups in total. The molecule has 0 bridgehead atoms. The van der Waals surface area contributed by atoms with E-state index in [0.717, 1.165) is 29.9 Å². The minimum absolute atomic E-state index is 0.399. The molecule has 2 rings (SSSR count). The van der Waals surface area contributed by atoms with Crippen LogP contribution in [0, 0.1) is 12.8 Å². The van der Waals surface area contributed by atoms with Gasteiger partial charge in [0, 0.05) is 5.02 Å². The van der Waals surface area contributed by atoms with Gasteiger partial charge in [0.1, 0.15) is 0 Å². The van der Waals surface area contributed by atoms with Crippen molar-refractivity contribution in [1.82, 2.24) is 0 Å². The number of aryl methyl sites for hydroxylation is 1. The molecule has 94 valence electrons. The highest BCUT2D eigenvalue weighted by atomic mass is 35.5. The molecule has 0 aliphatic heterocycles. The average Bonchev–Trinajstić information content (AvgIpc) is 2.78. The molecule has 0 saturated heterocycles. The SMILES string of the molecule is Cc1ccc(C(O)CCC2CCCC2)c(Cl)c1. The number of aliphatic hydroxyl groups excluding tert-OH is 1. The first-order valence-electron chi connectivity index (χ1n) is 6.61. The van der Waals surface area contributed by atoms with Gasteiger partial charge in [-0.05, 0) is 42.9 Å². The van der Waals surface area contributed by atoms with Crippen molar-refractivity contribution < 1.29 is 5.11 Å². The van der Waals surface area contributed by atoms with Crippen molar-refractivity contribution in [2.24, 2.45) is 5.92 Å². The third kappa shape index (κ3) is 3.46. The molecule has 1 unspecified atom stereocenters. The molecular weight excluding hydrogens is 232 g/mol. The summed E-state index contributed by atoms with van der Waals surface area (Å²) in [5.74, 6) is 0.828. The Morgan fingerprint density at radius 1 is 1.35 bits per heavy atom. The number of benzene rings is 1. The van der Waals surface area contributed by atoms with Crippen molar-refractivity contribution in [3.05, 3.63) is 34.3 Å². The van der Waals surface area contributed by atoms with Crippen molar-refractivity contribution in [1.29, 1.82) is 0 Å². The standard InChI is InChI=1S/C15H21ClO/c1-11-6-8-13(14(16)10-11)15(17)9-7-12-4-2-3-5-12/h6,8,10,12,15,17H,2-5,7,9H2,1H3. The maximum absolute atomic E-state index is 10.2. The zero-order valence-electron chi connectivity index (χ0n) is 10.5. The van der Waals surface area contributed by atoms with Crippen LogP contribution in [-0.2, 0) is 0 Å². The summed E-state index contributed by atoms with van der Waals surface area (Å²) in [5, 5.41) is 10.9. The fraction of sp³-hybridized carbons (Fsp3) is 0.600. The van der Waals surface area contributed by atoms with Crippen LogP contribution in [-0.4, -0.2) is 5.11 Å². The van der Waals surface area contributed by atoms with Crippen LogP contribution in [0.2, 0.25) is 5.02 Å². The van der Waals surface area contributed by atoms with Gasteiger partial charge in [0.2, 0.25) is 0 Å². The molecule has 0 spiro atoms. The second-order valence-electron chi connectivity index (χ2n) is 5.27. The smallest absolute Gasteiger partial charge is 0.0804 e. The summed E-state index contributed by atoms with van der Waals surface area (Å²) in [7, 11) is 0. The van der Waals surface area contributed by atoms with E-state index in [2.05, 4.69) is 0 Å². The first kappa shape index (κ1) is 12.9. The zero-order valence-corrected chi connectivity index (χ0v) is 11.2. The highest BCUT2D eigenvalue weighted by molar-refractivity contribution is 6.31. The van der Waals surface area contributed by atoms with E-state index in [1.807, 2.05) is 25.1 Å². The predicted molar refractivity (Wildman–Crippen MR) is 72.3 cm³/mol. The van der Waals surface area contributed by atoms with Gasteiger partial charge in [-0.2, -0.15) is 0 Å². The fourth-order valence-corrected chi connectivity index (χ4v) is 3.11. The van der Waals surface area contributed by atoms with E-state index < -0.39 is 6.10 Å². The molecule has 1 aromatic rings. The lowest BCUT2D eigenvalue weighted by atomic mass is 9.96. The monoisotopic (exact) mass is 252 g/mol. The van der Waals surface area contributed by atoms with Crippen LogP contribution in [0.1, 0.15) is 55.8 Å². The highest BCUT2D eigenvalue weighted by Crippen LogP contribution is 2.33. The Morgan fingerprint density at radius 3 is 2.71 bits per heavy atom. The van der Waals surface area contributed by atoms with Crippen LogP contribution in [0.25, 0.3) is 0 Å². The lowest BCUT2D eigenvalue weighted by Crippen LogP contribution is -2.02. The summed E-state index contributed by atoms with van der Waals surface area (Å²) in [6.45, 7) is 2.01. The molecule has 1 fully saturated rings. The van der Waals surface area contributed by atoms with Gasteiger partial charge in [-0.15, -0.1) is 0 Å². The molecule has 0 radical (unpaired) electrons. The van der Waals surface area contributed by atoms with E-state index >= 15 is 0 Å². The normalized spacial score (nSPS) is 18.5. The molecule has 1 atom stereocenters. The maximum atomic E-state index is 10.2. The summed E-state index contributed by atoms with van der Waals surface area (Å²) in [5.41, 5.74) is 2.03. The first-order chi connectivity index (χ1) is 8.16. The van der Waals surface area contributed by atoms with E-state index in [0.29, 0.717) is 5.02 Å². The van der Waals surface area contributed by atoms with E-state index in [-0.39, 0.29) is 0 Å². The molecular formula is C15H21ClO. The van der Waals surface area contributed by atoms with Crippen molar-refractivity contribution in [3.63, 3.8) is 0 Å². The van der Waals surface area contributed by atoms with Gasteiger partial charge < -0.3 is 5.11 Å². The summed E-state index contributed by atoms with van der Waals surface area (Å²) in [6.07, 6.45) is 6.99. The second kappa shape index (κ2) is 5.88. The second-order valence-corrected chi connectivity index (χ2v) is 5.68. The van der Waals surface area contributed by atoms with Crippen molar-refractivity contribution in [3.8, 4) is 0 Å². The molecule has 0 aromatic heterocycles. The van der Waals surface area contributed by atoms with Crippen molar-refractivity contribution in [2.75, 3.05) is 0 Å². The highest BCUT2D eigenvalue weighted by Gasteiger charge is 2.18. The van der Waals surface area contributed by atoms with Crippen LogP contribution >= 0.6 is 11.6 Å². The third-order valence-electron chi connectivity index (χ3n) is 3.84. The third-order valence-corrected chi connectivity index (χ3v) is 4.17. The Hall–Kier alpha value is -0.530. The van der Waals surface area contributed by atoms with Crippen molar-refractivity contribution >= 4 is 11.6 Å². The molecule has 1 aliphatic rings. The zero-order chi connectivity index (χ0) is 12.3. The number of hydrogen-bond donors (Lipinski definition) is 1. The van der Waals surface area contributed by atoms with Gasteiger partial charge in [0.15, 0.2) is 0 Å². The lowest BCUT2D eigenvalue weighted by Gasteiger charge is -2.15. The number of rotatable bonds is 4. The summed E-state index contributed by atoms with van der Waals surface area (Å²) >= 11 is 6.16. The molecule has 1 saturated carbocycles. The van der Waals surface area contributed by atoms with Crippen LogP contribution in [0.3, 0.4) is 0 Å². The van der Waals surface area contributed by atoms with Crippen molar-refractivity contribution in [2.45, 2.75) is 51.6 Å². The number of aliphatic hydroxyl groups is 1. The molecule has 1 nitrogen and oxygen atoms in total. The fourth-order valence-electron chi connectivity index (χ4n) is 2.75. The average molecular weight is 253 g/mol. The lowest BCUT2D eigenvalue weighted by molar-refractivity contribution is 0.157. The van der Waals surface area contributed by atoms with Gasteiger partial charge in [0.25, 0.3) is 0 Å². The topological polar surface area (TPSA) is 20.2 Å².